The van der Waals surface area contributed by atoms with Gasteiger partial charge in [-0.15, -0.1) is 0 Å². The van der Waals surface area contributed by atoms with Gasteiger partial charge in [-0.1, -0.05) is 12.1 Å². The molecule has 2 aliphatic heterocycles. The minimum atomic E-state index is 0.804. The zero-order chi connectivity index (χ0) is 14.5. The molecular weight excluding hydrogens is 262 g/mol. The van der Waals surface area contributed by atoms with E-state index in [1.165, 1.54) is 38.0 Å². The van der Waals surface area contributed by atoms with Gasteiger partial charge < -0.3 is 10.5 Å². The first kappa shape index (κ1) is 14.8. The van der Waals surface area contributed by atoms with Gasteiger partial charge in [0.25, 0.3) is 0 Å². The van der Waals surface area contributed by atoms with Crippen molar-refractivity contribution < 1.29 is 4.74 Å². The van der Waals surface area contributed by atoms with E-state index >= 15 is 0 Å². The van der Waals surface area contributed by atoms with Crippen molar-refractivity contribution in [2.24, 2.45) is 5.92 Å². The van der Waals surface area contributed by atoms with Crippen molar-refractivity contribution in [1.29, 1.82) is 0 Å². The van der Waals surface area contributed by atoms with E-state index in [4.69, 9.17) is 10.5 Å². The van der Waals surface area contributed by atoms with E-state index < -0.39 is 0 Å². The molecule has 0 saturated carbocycles. The molecule has 21 heavy (non-hydrogen) atoms. The molecule has 0 radical (unpaired) electrons. The normalized spacial score (nSPS) is 25.0. The van der Waals surface area contributed by atoms with Crippen LogP contribution in [0.4, 0.5) is 5.69 Å². The molecule has 1 aromatic carbocycles. The predicted molar refractivity (Wildman–Crippen MR) is 86.1 cm³/mol. The van der Waals surface area contributed by atoms with Gasteiger partial charge in [0.05, 0.1) is 13.2 Å². The van der Waals surface area contributed by atoms with Gasteiger partial charge in [0.2, 0.25) is 0 Å². The van der Waals surface area contributed by atoms with E-state index in [2.05, 4.69) is 28.0 Å². The lowest BCUT2D eigenvalue weighted by Gasteiger charge is -2.36. The molecule has 0 spiro atoms. The Morgan fingerprint density at radius 2 is 2.00 bits per heavy atom. The van der Waals surface area contributed by atoms with Gasteiger partial charge in [-0.3, -0.25) is 9.80 Å². The first-order valence-corrected chi connectivity index (χ1v) is 8.16. The number of rotatable bonds is 4. The monoisotopic (exact) mass is 289 g/mol. The van der Waals surface area contributed by atoms with Crippen LogP contribution in [0, 0.1) is 5.92 Å². The van der Waals surface area contributed by atoms with E-state index in [1.54, 1.807) is 0 Å². The van der Waals surface area contributed by atoms with Crippen LogP contribution in [0.3, 0.4) is 0 Å². The molecule has 2 heterocycles. The van der Waals surface area contributed by atoms with E-state index in [9.17, 15) is 0 Å². The molecule has 116 valence electrons. The summed E-state index contributed by atoms with van der Waals surface area (Å²) < 4.78 is 5.44. The summed E-state index contributed by atoms with van der Waals surface area (Å²) in [5, 5.41) is 0. The third-order valence-electron chi connectivity index (χ3n) is 4.58. The van der Waals surface area contributed by atoms with E-state index in [1.807, 2.05) is 6.07 Å². The lowest BCUT2D eigenvalue weighted by Crippen LogP contribution is -2.44. The zero-order valence-corrected chi connectivity index (χ0v) is 12.8. The Labute approximate surface area is 127 Å². The van der Waals surface area contributed by atoms with Gasteiger partial charge in [-0.05, 0) is 43.0 Å². The second kappa shape index (κ2) is 7.25. The van der Waals surface area contributed by atoms with E-state index in [-0.39, 0.29) is 0 Å². The van der Waals surface area contributed by atoms with Crippen LogP contribution in [0.25, 0.3) is 0 Å². The van der Waals surface area contributed by atoms with Crippen molar-refractivity contribution in [1.82, 2.24) is 9.80 Å². The standard InChI is InChI=1S/C17H27N3O/c18-17-5-1-3-15(11-17)12-20-6-2-4-16(14-20)13-19-7-9-21-10-8-19/h1,3,5,11,16H,2,4,6-10,12-14,18H2. The Bertz CT molecular complexity index is 445. The number of ether oxygens (including phenoxy) is 1. The number of nitrogen functional groups attached to an aromatic ring is 1. The maximum absolute atomic E-state index is 5.88. The molecule has 3 rings (SSSR count). The number of nitrogens with two attached hydrogens (primary N) is 1. The summed E-state index contributed by atoms with van der Waals surface area (Å²) in [6.07, 6.45) is 2.68. The smallest absolute Gasteiger partial charge is 0.0594 e. The molecule has 0 amide bonds. The molecule has 2 N–H and O–H groups in total. The Hall–Kier alpha value is -1.10. The number of benzene rings is 1. The summed E-state index contributed by atoms with van der Waals surface area (Å²) in [7, 11) is 0. The van der Waals surface area contributed by atoms with Gasteiger partial charge in [-0.25, -0.2) is 0 Å². The lowest BCUT2D eigenvalue weighted by atomic mass is 9.96. The number of nitrogens with zero attached hydrogens (tertiary/aromatic N) is 2. The van der Waals surface area contributed by atoms with Crippen molar-refractivity contribution in [2.45, 2.75) is 19.4 Å². The number of hydrogen-bond donors (Lipinski definition) is 1. The van der Waals surface area contributed by atoms with Crippen molar-refractivity contribution in [3.63, 3.8) is 0 Å². The quantitative estimate of drug-likeness (QED) is 0.859. The summed E-state index contributed by atoms with van der Waals surface area (Å²) in [5.41, 5.74) is 8.08. The van der Waals surface area contributed by atoms with Crippen LogP contribution in [0.2, 0.25) is 0 Å². The fraction of sp³-hybridized carbons (Fsp3) is 0.647. The summed E-state index contributed by atoms with van der Waals surface area (Å²) in [5.74, 6) is 0.804. The predicted octanol–water partition coefficient (Wildman–Crippen LogP) is 1.81. The molecule has 2 aliphatic rings. The van der Waals surface area contributed by atoms with Gasteiger partial charge in [-0.2, -0.15) is 0 Å². The second-order valence-corrected chi connectivity index (χ2v) is 6.40. The maximum Gasteiger partial charge on any atom is 0.0594 e. The van der Waals surface area contributed by atoms with Crippen LogP contribution in [0.5, 0.6) is 0 Å². The molecule has 0 aliphatic carbocycles. The highest BCUT2D eigenvalue weighted by molar-refractivity contribution is 5.40. The first-order valence-electron chi connectivity index (χ1n) is 8.16. The van der Waals surface area contributed by atoms with Crippen LogP contribution < -0.4 is 5.73 Å². The van der Waals surface area contributed by atoms with Crippen molar-refractivity contribution in [2.75, 3.05) is 51.7 Å². The number of likely N-dealkylation sites (tertiary alicyclic amines) is 1. The van der Waals surface area contributed by atoms with E-state index in [0.717, 1.165) is 44.5 Å². The third kappa shape index (κ3) is 4.43. The molecule has 0 aromatic heterocycles. The Kier molecular flexibility index (Phi) is 5.12. The van der Waals surface area contributed by atoms with Crippen LogP contribution in [0.15, 0.2) is 24.3 Å². The Morgan fingerprint density at radius 3 is 2.81 bits per heavy atom. The fourth-order valence-electron chi connectivity index (χ4n) is 3.54. The minimum absolute atomic E-state index is 0.804. The summed E-state index contributed by atoms with van der Waals surface area (Å²) in [4.78, 5) is 5.15. The largest absolute Gasteiger partial charge is 0.399 e. The SMILES string of the molecule is Nc1cccc(CN2CCCC(CN3CCOCC3)C2)c1. The zero-order valence-electron chi connectivity index (χ0n) is 12.8. The second-order valence-electron chi connectivity index (χ2n) is 6.40. The summed E-state index contributed by atoms with van der Waals surface area (Å²) in [6, 6.07) is 8.30. The van der Waals surface area contributed by atoms with Gasteiger partial charge >= 0.3 is 0 Å². The lowest BCUT2D eigenvalue weighted by molar-refractivity contribution is 0.0224. The number of piperidine rings is 1. The van der Waals surface area contributed by atoms with Gasteiger partial charge in [0, 0.05) is 38.4 Å². The highest BCUT2D eigenvalue weighted by Crippen LogP contribution is 2.20. The minimum Gasteiger partial charge on any atom is -0.399 e. The Balaban J connectivity index is 1.50. The number of anilines is 1. The average Bonchev–Trinajstić information content (AvgIpc) is 2.49. The molecule has 1 aromatic rings. The molecule has 2 fully saturated rings. The van der Waals surface area contributed by atoms with Crippen molar-refractivity contribution in [3.8, 4) is 0 Å². The van der Waals surface area contributed by atoms with Crippen LogP contribution in [0.1, 0.15) is 18.4 Å². The fourth-order valence-corrected chi connectivity index (χ4v) is 3.54. The molecule has 4 nitrogen and oxygen atoms in total. The maximum atomic E-state index is 5.88. The van der Waals surface area contributed by atoms with Crippen LogP contribution in [-0.4, -0.2) is 55.7 Å². The van der Waals surface area contributed by atoms with Crippen molar-refractivity contribution >= 4 is 5.69 Å². The highest BCUT2D eigenvalue weighted by Gasteiger charge is 2.23. The number of morpholine rings is 1. The summed E-state index contributed by atoms with van der Waals surface area (Å²) in [6.45, 7) is 8.71. The first-order chi connectivity index (χ1) is 10.3. The molecule has 1 unspecified atom stereocenters. The van der Waals surface area contributed by atoms with Gasteiger partial charge in [0.1, 0.15) is 0 Å². The highest BCUT2D eigenvalue weighted by atomic mass is 16.5. The van der Waals surface area contributed by atoms with E-state index in [0.29, 0.717) is 0 Å². The Morgan fingerprint density at radius 1 is 1.14 bits per heavy atom. The molecule has 1 atom stereocenters. The van der Waals surface area contributed by atoms with Crippen LogP contribution >= 0.6 is 0 Å². The van der Waals surface area contributed by atoms with Crippen molar-refractivity contribution in [3.05, 3.63) is 29.8 Å². The molecular formula is C17H27N3O. The van der Waals surface area contributed by atoms with Gasteiger partial charge in [0.15, 0.2) is 0 Å². The molecule has 4 heteroatoms. The molecule has 2 saturated heterocycles. The third-order valence-corrected chi connectivity index (χ3v) is 4.58. The average molecular weight is 289 g/mol. The summed E-state index contributed by atoms with van der Waals surface area (Å²) >= 11 is 0. The topological polar surface area (TPSA) is 41.7 Å². The molecule has 0 bridgehead atoms. The number of hydrogen-bond acceptors (Lipinski definition) is 4. The van der Waals surface area contributed by atoms with Crippen LogP contribution in [-0.2, 0) is 11.3 Å².